The molecule has 0 spiro atoms. The molecular weight excluding hydrogens is 218 g/mol. The van der Waals surface area contributed by atoms with Crippen molar-refractivity contribution in [2.24, 2.45) is 17.8 Å². The van der Waals surface area contributed by atoms with Crippen LogP contribution in [0.5, 0.6) is 0 Å². The largest absolute Gasteiger partial charge is 0.447 e. The molecule has 0 bridgehead atoms. The summed E-state index contributed by atoms with van der Waals surface area (Å²) in [6.45, 7) is 10.5. The molecule has 0 aliphatic carbocycles. The van der Waals surface area contributed by atoms with Crippen LogP contribution in [-0.4, -0.2) is 30.1 Å². The van der Waals surface area contributed by atoms with E-state index in [1.807, 2.05) is 6.92 Å². The molecule has 2 unspecified atom stereocenters. The van der Waals surface area contributed by atoms with Gasteiger partial charge in [-0.25, -0.2) is 9.69 Å². The first-order chi connectivity index (χ1) is 7.97. The molecule has 0 N–H and O–H groups in total. The van der Waals surface area contributed by atoms with Crippen molar-refractivity contribution in [1.82, 2.24) is 4.90 Å². The van der Waals surface area contributed by atoms with Gasteiger partial charge in [-0.05, 0) is 18.3 Å². The zero-order valence-corrected chi connectivity index (χ0v) is 10.8. The average Bonchev–Trinajstić information content (AvgIpc) is 2.70. The fourth-order valence-electron chi connectivity index (χ4n) is 2.01. The van der Waals surface area contributed by atoms with Crippen LogP contribution < -0.4 is 0 Å². The minimum atomic E-state index is -0.514. The van der Waals surface area contributed by atoms with Gasteiger partial charge >= 0.3 is 6.09 Å². The molecule has 0 aromatic rings. The van der Waals surface area contributed by atoms with E-state index in [0.717, 1.165) is 6.42 Å². The summed E-state index contributed by atoms with van der Waals surface area (Å²) in [7, 11) is 0. The van der Waals surface area contributed by atoms with Gasteiger partial charge in [0.25, 0.3) is 0 Å². The van der Waals surface area contributed by atoms with E-state index in [-0.39, 0.29) is 17.7 Å². The first-order valence-corrected chi connectivity index (χ1v) is 6.08. The van der Waals surface area contributed by atoms with Gasteiger partial charge in [-0.15, -0.1) is 6.58 Å². The lowest BCUT2D eigenvalue weighted by Crippen LogP contribution is -2.39. The minimum Gasteiger partial charge on any atom is -0.447 e. The first kappa shape index (κ1) is 13.7. The Morgan fingerprint density at radius 3 is 2.59 bits per heavy atom. The maximum Gasteiger partial charge on any atom is 0.416 e. The fraction of sp³-hybridized carbons (Fsp3) is 0.692. The highest BCUT2D eigenvalue weighted by Crippen LogP contribution is 2.25. The molecule has 1 aliphatic heterocycles. The maximum atomic E-state index is 12.3. The van der Waals surface area contributed by atoms with Gasteiger partial charge in [-0.2, -0.15) is 0 Å². The third-order valence-electron chi connectivity index (χ3n) is 3.08. The summed E-state index contributed by atoms with van der Waals surface area (Å²) in [6.07, 6.45) is 2.02. The second-order valence-corrected chi connectivity index (χ2v) is 4.94. The molecule has 2 amide bonds. The van der Waals surface area contributed by atoms with E-state index in [1.54, 1.807) is 6.08 Å². The Hall–Kier alpha value is -1.32. The average molecular weight is 239 g/mol. The Morgan fingerprint density at radius 1 is 1.53 bits per heavy atom. The molecule has 17 heavy (non-hydrogen) atoms. The summed E-state index contributed by atoms with van der Waals surface area (Å²) < 4.78 is 4.80. The molecule has 4 heteroatoms. The predicted octanol–water partition coefficient (Wildman–Crippen LogP) is 2.45. The van der Waals surface area contributed by atoms with Gasteiger partial charge in [0.1, 0.15) is 6.61 Å². The molecule has 0 aromatic heterocycles. The van der Waals surface area contributed by atoms with Crippen LogP contribution in [0.2, 0.25) is 0 Å². The Kier molecular flexibility index (Phi) is 4.73. The van der Waals surface area contributed by atoms with E-state index in [4.69, 9.17) is 4.74 Å². The highest BCUT2D eigenvalue weighted by molar-refractivity contribution is 5.94. The molecule has 0 aromatic carbocycles. The summed E-state index contributed by atoms with van der Waals surface area (Å²) in [6, 6.07) is 0. The third-order valence-corrected chi connectivity index (χ3v) is 3.08. The monoisotopic (exact) mass is 239 g/mol. The van der Waals surface area contributed by atoms with E-state index in [9.17, 15) is 9.59 Å². The molecule has 1 rings (SSSR count). The van der Waals surface area contributed by atoms with Crippen LogP contribution in [0, 0.1) is 17.8 Å². The van der Waals surface area contributed by atoms with Crippen LogP contribution in [0.15, 0.2) is 12.7 Å². The Labute approximate surface area is 103 Å². The zero-order valence-electron chi connectivity index (χ0n) is 10.8. The highest BCUT2D eigenvalue weighted by atomic mass is 16.6. The number of nitrogens with zero attached hydrogens (tertiary/aromatic N) is 1. The highest BCUT2D eigenvalue weighted by Gasteiger charge is 2.35. The van der Waals surface area contributed by atoms with Gasteiger partial charge in [0.15, 0.2) is 0 Å². The first-order valence-electron chi connectivity index (χ1n) is 6.08. The van der Waals surface area contributed by atoms with Gasteiger partial charge < -0.3 is 4.74 Å². The van der Waals surface area contributed by atoms with Crippen molar-refractivity contribution in [3.63, 3.8) is 0 Å². The standard InChI is InChI=1S/C13H21NO3/c1-5-10(4)11(8-9(2)3)12(15)14-6-7-17-13(14)16/h5,9-11H,1,6-8H2,2-4H3. The van der Waals surface area contributed by atoms with Crippen LogP contribution >= 0.6 is 0 Å². The summed E-state index contributed by atoms with van der Waals surface area (Å²) in [5.74, 6) is 0.162. The number of cyclic esters (lactones) is 1. The lowest BCUT2D eigenvalue weighted by atomic mass is 9.85. The molecule has 96 valence electrons. The molecule has 1 heterocycles. The van der Waals surface area contributed by atoms with Crippen molar-refractivity contribution in [1.29, 1.82) is 0 Å². The lowest BCUT2D eigenvalue weighted by molar-refractivity contribution is -0.133. The molecule has 1 saturated heterocycles. The van der Waals surface area contributed by atoms with Crippen molar-refractivity contribution >= 4 is 12.0 Å². The van der Waals surface area contributed by atoms with Crippen molar-refractivity contribution < 1.29 is 14.3 Å². The van der Waals surface area contributed by atoms with Gasteiger partial charge in [0.05, 0.1) is 6.54 Å². The summed E-state index contributed by atoms with van der Waals surface area (Å²) in [5, 5.41) is 0. The fourth-order valence-corrected chi connectivity index (χ4v) is 2.01. The second kappa shape index (κ2) is 5.84. The maximum absolute atomic E-state index is 12.3. The topological polar surface area (TPSA) is 46.6 Å². The van der Waals surface area contributed by atoms with Crippen LogP contribution in [0.25, 0.3) is 0 Å². The van der Waals surface area contributed by atoms with Gasteiger partial charge in [-0.3, -0.25) is 4.79 Å². The van der Waals surface area contributed by atoms with Crippen LogP contribution in [0.3, 0.4) is 0 Å². The van der Waals surface area contributed by atoms with Gasteiger partial charge in [0.2, 0.25) is 5.91 Å². The number of amides is 2. The van der Waals surface area contributed by atoms with Gasteiger partial charge in [-0.1, -0.05) is 26.8 Å². The molecule has 1 aliphatic rings. The third kappa shape index (κ3) is 3.32. The molecule has 0 radical (unpaired) electrons. The Balaban J connectivity index is 2.78. The van der Waals surface area contributed by atoms with Crippen LogP contribution in [-0.2, 0) is 9.53 Å². The number of ether oxygens (including phenoxy) is 1. The van der Waals surface area contributed by atoms with E-state index in [0.29, 0.717) is 19.1 Å². The zero-order chi connectivity index (χ0) is 13.0. The van der Waals surface area contributed by atoms with Crippen LogP contribution in [0.4, 0.5) is 4.79 Å². The predicted molar refractivity (Wildman–Crippen MR) is 65.4 cm³/mol. The molecular formula is C13H21NO3. The minimum absolute atomic E-state index is 0.0679. The number of carbonyl (C=O) groups is 2. The summed E-state index contributed by atoms with van der Waals surface area (Å²) in [5.41, 5.74) is 0. The normalized spacial score (nSPS) is 19.1. The van der Waals surface area contributed by atoms with Crippen molar-refractivity contribution in [3.05, 3.63) is 12.7 Å². The Morgan fingerprint density at radius 2 is 2.18 bits per heavy atom. The number of hydrogen-bond donors (Lipinski definition) is 0. The van der Waals surface area contributed by atoms with E-state index in [2.05, 4.69) is 20.4 Å². The summed E-state index contributed by atoms with van der Waals surface area (Å²) in [4.78, 5) is 24.9. The number of allylic oxidation sites excluding steroid dienone is 1. The second-order valence-electron chi connectivity index (χ2n) is 4.94. The Bertz CT molecular complexity index is 312. The number of imide groups is 1. The van der Waals surface area contributed by atoms with E-state index >= 15 is 0 Å². The lowest BCUT2D eigenvalue weighted by Gasteiger charge is -2.25. The van der Waals surface area contributed by atoms with Crippen molar-refractivity contribution in [3.8, 4) is 0 Å². The smallest absolute Gasteiger partial charge is 0.416 e. The van der Waals surface area contributed by atoms with E-state index in [1.165, 1.54) is 4.90 Å². The van der Waals surface area contributed by atoms with Gasteiger partial charge in [0, 0.05) is 5.92 Å². The number of carbonyl (C=O) groups excluding carboxylic acids is 2. The molecule has 2 atom stereocenters. The SMILES string of the molecule is C=CC(C)C(CC(C)C)C(=O)N1CCOC1=O. The molecule has 4 nitrogen and oxygen atoms in total. The molecule has 1 fully saturated rings. The van der Waals surface area contributed by atoms with Crippen LogP contribution in [0.1, 0.15) is 27.2 Å². The molecule has 0 saturated carbocycles. The van der Waals surface area contributed by atoms with Crippen molar-refractivity contribution in [2.45, 2.75) is 27.2 Å². The number of rotatable bonds is 5. The summed E-state index contributed by atoms with van der Waals surface area (Å²) >= 11 is 0. The van der Waals surface area contributed by atoms with E-state index < -0.39 is 6.09 Å². The van der Waals surface area contributed by atoms with Crippen molar-refractivity contribution in [2.75, 3.05) is 13.2 Å². The number of hydrogen-bond acceptors (Lipinski definition) is 3. The quantitative estimate of drug-likeness (QED) is 0.692.